The van der Waals surface area contributed by atoms with Crippen LogP contribution in [0.4, 0.5) is 15.8 Å². The topological polar surface area (TPSA) is 73.1 Å². The molecule has 0 atom stereocenters. The second-order valence-corrected chi connectivity index (χ2v) is 4.59. The molecular formula is C14H17FN4O. The fourth-order valence-electron chi connectivity index (χ4n) is 1.67. The number of aromatic nitrogens is 2. The van der Waals surface area contributed by atoms with E-state index < -0.39 is 5.82 Å². The molecule has 106 valence electrons. The maximum Gasteiger partial charge on any atom is 0.167 e. The van der Waals surface area contributed by atoms with Crippen molar-refractivity contribution in [3.05, 3.63) is 42.2 Å². The normalized spacial score (nSPS) is 10.6. The summed E-state index contributed by atoms with van der Waals surface area (Å²) in [5.74, 6) is -0.289. The number of nitrogens with one attached hydrogen (secondary N) is 1. The van der Waals surface area contributed by atoms with Crippen molar-refractivity contribution in [3.63, 3.8) is 0 Å². The zero-order valence-corrected chi connectivity index (χ0v) is 11.4. The molecule has 1 aromatic carbocycles. The molecule has 0 aliphatic carbocycles. The molecule has 0 amide bonds. The molecule has 0 saturated carbocycles. The predicted molar refractivity (Wildman–Crippen MR) is 75.9 cm³/mol. The van der Waals surface area contributed by atoms with Crippen LogP contribution >= 0.6 is 0 Å². The SMILES string of the molecule is CC(C)Oc1cc(NCc2ccncn2)c(N)cc1F. The van der Waals surface area contributed by atoms with Crippen molar-refractivity contribution >= 4 is 11.4 Å². The second-order valence-electron chi connectivity index (χ2n) is 4.59. The summed E-state index contributed by atoms with van der Waals surface area (Å²) in [4.78, 5) is 7.94. The highest BCUT2D eigenvalue weighted by Gasteiger charge is 2.10. The van der Waals surface area contributed by atoms with Crippen LogP contribution in [0.2, 0.25) is 0 Å². The van der Waals surface area contributed by atoms with Gasteiger partial charge in [0, 0.05) is 18.3 Å². The summed E-state index contributed by atoms with van der Waals surface area (Å²) in [6, 6.07) is 4.60. The summed E-state index contributed by atoms with van der Waals surface area (Å²) in [6.07, 6.45) is 3.02. The van der Waals surface area contributed by atoms with Crippen molar-refractivity contribution in [2.45, 2.75) is 26.5 Å². The van der Waals surface area contributed by atoms with Crippen LogP contribution in [0.5, 0.6) is 5.75 Å². The lowest BCUT2D eigenvalue weighted by atomic mass is 10.2. The maximum absolute atomic E-state index is 13.7. The molecule has 2 rings (SSSR count). The number of anilines is 2. The van der Waals surface area contributed by atoms with Crippen LogP contribution in [0.15, 0.2) is 30.7 Å². The third-order valence-corrected chi connectivity index (χ3v) is 2.57. The monoisotopic (exact) mass is 276 g/mol. The van der Waals surface area contributed by atoms with E-state index in [4.69, 9.17) is 10.5 Å². The van der Waals surface area contributed by atoms with E-state index in [2.05, 4.69) is 15.3 Å². The van der Waals surface area contributed by atoms with Gasteiger partial charge in [-0.1, -0.05) is 0 Å². The van der Waals surface area contributed by atoms with Crippen molar-refractivity contribution in [1.82, 2.24) is 9.97 Å². The Hall–Kier alpha value is -2.37. The van der Waals surface area contributed by atoms with E-state index in [1.807, 2.05) is 13.8 Å². The second kappa shape index (κ2) is 6.18. The van der Waals surface area contributed by atoms with Gasteiger partial charge in [-0.15, -0.1) is 0 Å². The smallest absolute Gasteiger partial charge is 0.167 e. The van der Waals surface area contributed by atoms with E-state index in [1.165, 1.54) is 12.4 Å². The highest BCUT2D eigenvalue weighted by Crippen LogP contribution is 2.29. The minimum absolute atomic E-state index is 0.108. The Morgan fingerprint density at radius 2 is 2.20 bits per heavy atom. The number of nitrogen functional groups attached to an aromatic ring is 1. The van der Waals surface area contributed by atoms with Crippen molar-refractivity contribution < 1.29 is 9.13 Å². The lowest BCUT2D eigenvalue weighted by Crippen LogP contribution is -2.09. The van der Waals surface area contributed by atoms with Crippen LogP contribution in [0, 0.1) is 5.82 Å². The van der Waals surface area contributed by atoms with Gasteiger partial charge in [-0.05, 0) is 19.9 Å². The minimum atomic E-state index is -0.469. The van der Waals surface area contributed by atoms with Crippen molar-refractivity contribution in [2.75, 3.05) is 11.1 Å². The maximum atomic E-state index is 13.7. The van der Waals surface area contributed by atoms with Crippen LogP contribution in [0.1, 0.15) is 19.5 Å². The quantitative estimate of drug-likeness (QED) is 0.821. The lowest BCUT2D eigenvalue weighted by molar-refractivity contribution is 0.231. The Labute approximate surface area is 117 Å². The van der Waals surface area contributed by atoms with Crippen LogP contribution < -0.4 is 15.8 Å². The molecule has 0 saturated heterocycles. The molecule has 6 heteroatoms. The predicted octanol–water partition coefficient (Wildman–Crippen LogP) is 2.60. The van der Waals surface area contributed by atoms with Crippen molar-refractivity contribution in [1.29, 1.82) is 0 Å². The third kappa shape index (κ3) is 3.57. The highest BCUT2D eigenvalue weighted by molar-refractivity contribution is 5.68. The Morgan fingerprint density at radius 3 is 2.85 bits per heavy atom. The van der Waals surface area contributed by atoms with Crippen molar-refractivity contribution in [2.24, 2.45) is 0 Å². The van der Waals surface area contributed by atoms with Gasteiger partial charge in [0.15, 0.2) is 11.6 Å². The number of halogens is 1. The van der Waals surface area contributed by atoms with Gasteiger partial charge in [0.05, 0.1) is 29.7 Å². The molecule has 1 aromatic heterocycles. The van der Waals surface area contributed by atoms with E-state index >= 15 is 0 Å². The molecule has 0 fully saturated rings. The van der Waals surface area contributed by atoms with Gasteiger partial charge in [-0.25, -0.2) is 14.4 Å². The first-order valence-corrected chi connectivity index (χ1v) is 6.30. The van der Waals surface area contributed by atoms with Gasteiger partial charge in [-0.3, -0.25) is 0 Å². The van der Waals surface area contributed by atoms with Crippen LogP contribution in [0.25, 0.3) is 0 Å². The Bertz CT molecular complexity index is 575. The standard InChI is InChI=1S/C14H17FN4O/c1-9(2)20-14-6-13(12(16)5-11(14)15)18-7-10-3-4-17-8-19-10/h3-6,8-9,18H,7,16H2,1-2H3. The third-order valence-electron chi connectivity index (χ3n) is 2.57. The minimum Gasteiger partial charge on any atom is -0.488 e. The number of rotatable bonds is 5. The first kappa shape index (κ1) is 14.0. The molecule has 2 aromatic rings. The molecule has 0 aliphatic rings. The van der Waals surface area contributed by atoms with Gasteiger partial charge in [0.1, 0.15) is 6.33 Å². The van der Waals surface area contributed by atoms with E-state index in [0.717, 1.165) is 5.69 Å². The highest BCUT2D eigenvalue weighted by atomic mass is 19.1. The lowest BCUT2D eigenvalue weighted by Gasteiger charge is -2.14. The van der Waals surface area contributed by atoms with Crippen LogP contribution in [-0.4, -0.2) is 16.1 Å². The number of nitrogens with two attached hydrogens (primary N) is 1. The molecule has 0 bridgehead atoms. The summed E-state index contributed by atoms with van der Waals surface area (Å²) >= 11 is 0. The first-order valence-electron chi connectivity index (χ1n) is 6.30. The van der Waals surface area contributed by atoms with Gasteiger partial charge in [-0.2, -0.15) is 0 Å². The molecule has 0 aliphatic heterocycles. The first-order chi connectivity index (χ1) is 9.56. The molecule has 0 unspecified atom stereocenters. The fourth-order valence-corrected chi connectivity index (χ4v) is 1.67. The number of nitrogens with zero attached hydrogens (tertiary/aromatic N) is 2. The molecule has 5 nitrogen and oxygen atoms in total. The summed E-state index contributed by atoms with van der Waals surface area (Å²) in [7, 11) is 0. The fraction of sp³-hybridized carbons (Fsp3) is 0.286. The number of hydrogen-bond donors (Lipinski definition) is 2. The van der Waals surface area contributed by atoms with E-state index in [0.29, 0.717) is 17.9 Å². The average Bonchev–Trinajstić information content (AvgIpc) is 2.41. The summed E-state index contributed by atoms with van der Waals surface area (Å²) in [6.45, 7) is 4.15. The molecular weight excluding hydrogens is 259 g/mol. The van der Waals surface area contributed by atoms with Gasteiger partial charge >= 0.3 is 0 Å². The Morgan fingerprint density at radius 1 is 1.40 bits per heavy atom. The van der Waals surface area contributed by atoms with Gasteiger partial charge in [0.25, 0.3) is 0 Å². The van der Waals surface area contributed by atoms with Gasteiger partial charge < -0.3 is 15.8 Å². The molecule has 1 heterocycles. The largest absolute Gasteiger partial charge is 0.488 e. The summed E-state index contributed by atoms with van der Waals surface area (Å²) in [5.41, 5.74) is 7.55. The number of benzene rings is 1. The zero-order chi connectivity index (χ0) is 14.5. The van der Waals surface area contributed by atoms with E-state index in [1.54, 1.807) is 18.3 Å². The van der Waals surface area contributed by atoms with Crippen LogP contribution in [-0.2, 0) is 6.54 Å². The molecule has 0 radical (unpaired) electrons. The van der Waals surface area contributed by atoms with Crippen molar-refractivity contribution in [3.8, 4) is 5.75 Å². The van der Waals surface area contributed by atoms with E-state index in [-0.39, 0.29) is 11.9 Å². The summed E-state index contributed by atoms with van der Waals surface area (Å²) in [5, 5.41) is 3.11. The number of ether oxygens (including phenoxy) is 1. The summed E-state index contributed by atoms with van der Waals surface area (Å²) < 4.78 is 19.1. The Kier molecular flexibility index (Phi) is 4.34. The van der Waals surface area contributed by atoms with Crippen LogP contribution in [0.3, 0.4) is 0 Å². The van der Waals surface area contributed by atoms with E-state index in [9.17, 15) is 4.39 Å². The Balaban J connectivity index is 2.14. The van der Waals surface area contributed by atoms with Gasteiger partial charge in [0.2, 0.25) is 0 Å². The molecule has 3 N–H and O–H groups in total. The average molecular weight is 276 g/mol. The zero-order valence-electron chi connectivity index (χ0n) is 11.4. The molecule has 20 heavy (non-hydrogen) atoms. The molecule has 0 spiro atoms. The number of hydrogen-bond acceptors (Lipinski definition) is 5.